The molecule has 0 fully saturated rings. The smallest absolute Gasteiger partial charge is 0.351 e. The minimum atomic E-state index is -0.252. The van der Waals surface area contributed by atoms with Crippen molar-refractivity contribution in [3.8, 4) is 0 Å². The molecule has 0 N–H and O–H groups in total. The van der Waals surface area contributed by atoms with Gasteiger partial charge in [0, 0.05) is 11.1 Å². The molecule has 0 aliphatic carbocycles. The number of carbonyl (C=O) groups is 1. The van der Waals surface area contributed by atoms with Crippen LogP contribution in [0.5, 0.6) is 0 Å². The Hall–Kier alpha value is -0.480. The van der Waals surface area contributed by atoms with E-state index in [0.29, 0.717) is 5.56 Å². The first-order valence-electron chi connectivity index (χ1n) is 3.20. The van der Waals surface area contributed by atoms with Crippen molar-refractivity contribution in [2.75, 3.05) is 5.75 Å². The molecule has 4 heteroatoms. The fourth-order valence-corrected chi connectivity index (χ4v) is 1.49. The van der Waals surface area contributed by atoms with Gasteiger partial charge in [0.25, 0.3) is 0 Å². The van der Waals surface area contributed by atoms with Gasteiger partial charge in [-0.05, 0) is 11.4 Å². The molecule has 1 heterocycles. The third kappa shape index (κ3) is 2.55. The van der Waals surface area contributed by atoms with E-state index in [9.17, 15) is 4.79 Å². The maximum absolute atomic E-state index is 11.0. The molecule has 1 aromatic rings. The lowest BCUT2D eigenvalue weighted by Crippen LogP contribution is -1.97. The second-order valence-corrected chi connectivity index (χ2v) is 3.55. The van der Waals surface area contributed by atoms with E-state index < -0.39 is 0 Å². The van der Waals surface area contributed by atoms with Crippen LogP contribution in [0.4, 0.5) is 0 Å². The highest BCUT2D eigenvalue weighted by Gasteiger charge is 2.06. The molecule has 0 bridgehead atoms. The van der Waals surface area contributed by atoms with Gasteiger partial charge < -0.3 is 4.18 Å². The van der Waals surface area contributed by atoms with Crippen molar-refractivity contribution in [2.45, 2.75) is 6.92 Å². The zero-order chi connectivity index (χ0) is 8.10. The minimum absolute atomic E-state index is 0.252. The average molecular weight is 188 g/mol. The molecule has 2 nitrogen and oxygen atoms in total. The highest BCUT2D eigenvalue weighted by atomic mass is 32.2. The monoisotopic (exact) mass is 188 g/mol. The normalized spacial score (nSPS) is 9.55. The van der Waals surface area contributed by atoms with E-state index >= 15 is 0 Å². The van der Waals surface area contributed by atoms with Crippen LogP contribution in [-0.4, -0.2) is 11.7 Å². The van der Waals surface area contributed by atoms with Crippen molar-refractivity contribution in [2.24, 2.45) is 0 Å². The molecule has 0 aromatic carbocycles. The predicted molar refractivity (Wildman–Crippen MR) is 47.9 cm³/mol. The number of rotatable bonds is 3. The molecule has 0 saturated carbocycles. The Balaban J connectivity index is 2.43. The van der Waals surface area contributed by atoms with E-state index in [1.165, 1.54) is 23.4 Å². The van der Waals surface area contributed by atoms with Crippen molar-refractivity contribution in [1.82, 2.24) is 0 Å². The Bertz CT molecular complexity index is 218. The van der Waals surface area contributed by atoms with Crippen molar-refractivity contribution in [1.29, 1.82) is 0 Å². The van der Waals surface area contributed by atoms with Crippen LogP contribution in [0.1, 0.15) is 17.3 Å². The molecule has 0 saturated heterocycles. The van der Waals surface area contributed by atoms with Gasteiger partial charge in [-0.2, -0.15) is 11.3 Å². The number of hydrogen-bond donors (Lipinski definition) is 0. The van der Waals surface area contributed by atoms with E-state index in [4.69, 9.17) is 4.18 Å². The summed E-state index contributed by atoms with van der Waals surface area (Å²) in [5.74, 6) is 0.536. The maximum Gasteiger partial charge on any atom is 0.351 e. The van der Waals surface area contributed by atoms with Crippen molar-refractivity contribution in [3.05, 3.63) is 22.4 Å². The average Bonchev–Trinajstić information content (AvgIpc) is 2.52. The Morgan fingerprint density at radius 3 is 3.18 bits per heavy atom. The SMILES string of the molecule is CCSOC(=O)c1ccsc1. The van der Waals surface area contributed by atoms with Gasteiger partial charge in [0.2, 0.25) is 0 Å². The summed E-state index contributed by atoms with van der Waals surface area (Å²) in [4.78, 5) is 11.0. The van der Waals surface area contributed by atoms with Gasteiger partial charge in [0.05, 0.1) is 17.6 Å². The zero-order valence-corrected chi connectivity index (χ0v) is 7.71. The Kier molecular flexibility index (Phi) is 3.45. The van der Waals surface area contributed by atoms with Crippen LogP contribution in [0.2, 0.25) is 0 Å². The molecule has 0 radical (unpaired) electrons. The van der Waals surface area contributed by atoms with Gasteiger partial charge >= 0.3 is 5.97 Å². The van der Waals surface area contributed by atoms with Gasteiger partial charge in [0.1, 0.15) is 0 Å². The summed E-state index contributed by atoms with van der Waals surface area (Å²) in [5.41, 5.74) is 0.635. The van der Waals surface area contributed by atoms with Crippen LogP contribution < -0.4 is 0 Å². The summed E-state index contributed by atoms with van der Waals surface area (Å²) >= 11 is 2.66. The van der Waals surface area contributed by atoms with Gasteiger partial charge in [-0.3, -0.25) is 0 Å². The van der Waals surface area contributed by atoms with Crippen LogP contribution in [0.25, 0.3) is 0 Å². The van der Waals surface area contributed by atoms with E-state index in [0.717, 1.165) is 5.75 Å². The number of carbonyl (C=O) groups excluding carboxylic acids is 1. The second kappa shape index (κ2) is 4.41. The lowest BCUT2D eigenvalue weighted by Gasteiger charge is -1.96. The van der Waals surface area contributed by atoms with Gasteiger partial charge in [0.15, 0.2) is 0 Å². The summed E-state index contributed by atoms with van der Waals surface area (Å²) in [5, 5.41) is 3.63. The molecule has 0 atom stereocenters. The summed E-state index contributed by atoms with van der Waals surface area (Å²) in [6.07, 6.45) is 0. The van der Waals surface area contributed by atoms with Gasteiger partial charge in [-0.25, -0.2) is 4.79 Å². The Labute approximate surface area is 73.8 Å². The highest BCUT2D eigenvalue weighted by Crippen LogP contribution is 2.11. The molecule has 0 unspecified atom stereocenters. The van der Waals surface area contributed by atoms with Crippen LogP contribution in [0.15, 0.2) is 16.8 Å². The van der Waals surface area contributed by atoms with Crippen molar-refractivity contribution in [3.63, 3.8) is 0 Å². The van der Waals surface area contributed by atoms with Crippen molar-refractivity contribution < 1.29 is 8.98 Å². The fraction of sp³-hybridized carbons (Fsp3) is 0.286. The molecule has 1 rings (SSSR count). The standard InChI is InChI=1S/C7H8O2S2/c1-2-11-9-7(8)6-3-4-10-5-6/h3-5H,2H2,1H3. The predicted octanol–water partition coefficient (Wildman–Crippen LogP) is 2.57. The van der Waals surface area contributed by atoms with Crippen molar-refractivity contribution >= 4 is 29.3 Å². The first-order valence-corrected chi connectivity index (χ1v) is 5.06. The van der Waals surface area contributed by atoms with Crippen LogP contribution >= 0.6 is 23.4 Å². The quantitative estimate of drug-likeness (QED) is 0.682. The maximum atomic E-state index is 11.0. The second-order valence-electron chi connectivity index (χ2n) is 1.79. The van der Waals surface area contributed by atoms with Crippen LogP contribution in [0, 0.1) is 0 Å². The lowest BCUT2D eigenvalue weighted by molar-refractivity contribution is 0.0769. The lowest BCUT2D eigenvalue weighted by atomic mass is 10.4. The van der Waals surface area contributed by atoms with E-state index in [2.05, 4.69) is 0 Å². The number of thiophene rings is 1. The third-order valence-corrected chi connectivity index (χ3v) is 2.20. The molecule has 0 amide bonds. The van der Waals surface area contributed by atoms with E-state index in [1.807, 2.05) is 12.3 Å². The summed E-state index contributed by atoms with van der Waals surface area (Å²) < 4.78 is 4.82. The molecule has 0 aliphatic rings. The summed E-state index contributed by atoms with van der Waals surface area (Å²) in [7, 11) is 0. The van der Waals surface area contributed by atoms with Crippen LogP contribution in [-0.2, 0) is 4.18 Å². The molecule has 11 heavy (non-hydrogen) atoms. The van der Waals surface area contributed by atoms with E-state index in [-0.39, 0.29) is 5.97 Å². The molecular formula is C7H8O2S2. The Morgan fingerprint density at radius 2 is 2.64 bits per heavy atom. The summed E-state index contributed by atoms with van der Waals surface area (Å²) in [6.45, 7) is 1.94. The van der Waals surface area contributed by atoms with Gasteiger partial charge in [-0.1, -0.05) is 6.92 Å². The molecule has 0 aliphatic heterocycles. The first kappa shape index (κ1) is 8.62. The topological polar surface area (TPSA) is 26.3 Å². The largest absolute Gasteiger partial charge is 0.388 e. The first-order chi connectivity index (χ1) is 5.34. The Morgan fingerprint density at radius 1 is 1.82 bits per heavy atom. The number of hydrogen-bond acceptors (Lipinski definition) is 4. The molecule has 1 aromatic heterocycles. The summed E-state index contributed by atoms with van der Waals surface area (Å²) in [6, 6.07) is 1.75. The molecule has 60 valence electrons. The minimum Gasteiger partial charge on any atom is -0.388 e. The molecule has 0 spiro atoms. The zero-order valence-electron chi connectivity index (χ0n) is 6.07. The third-order valence-electron chi connectivity index (χ3n) is 1.01. The molecular weight excluding hydrogens is 180 g/mol. The van der Waals surface area contributed by atoms with Crippen LogP contribution in [0.3, 0.4) is 0 Å². The fourth-order valence-electron chi connectivity index (χ4n) is 0.541. The van der Waals surface area contributed by atoms with E-state index in [1.54, 1.807) is 11.4 Å². The van der Waals surface area contributed by atoms with Gasteiger partial charge in [-0.15, -0.1) is 0 Å². The highest BCUT2D eigenvalue weighted by molar-refractivity contribution is 7.95.